The van der Waals surface area contributed by atoms with Crippen molar-refractivity contribution in [3.63, 3.8) is 0 Å². The van der Waals surface area contributed by atoms with Crippen LogP contribution in [0.3, 0.4) is 0 Å². The first-order valence-electron chi connectivity index (χ1n) is 7.48. The van der Waals surface area contributed by atoms with Crippen molar-refractivity contribution in [3.05, 3.63) is 0 Å². The Morgan fingerprint density at radius 1 is 1.42 bits per heavy atom. The van der Waals surface area contributed by atoms with Crippen LogP contribution >= 0.6 is 0 Å². The van der Waals surface area contributed by atoms with E-state index < -0.39 is 0 Å². The largest absolute Gasteiger partial charge is 0.301 e. The molecule has 4 nitrogen and oxygen atoms in total. The molecule has 19 heavy (non-hydrogen) atoms. The Hall–Kier alpha value is -0.630. The Bertz CT molecular complexity index is 310. The van der Waals surface area contributed by atoms with Crippen molar-refractivity contribution < 1.29 is 0 Å². The van der Waals surface area contributed by atoms with Gasteiger partial charge in [0.05, 0.1) is 6.07 Å². The zero-order chi connectivity index (χ0) is 14.5. The van der Waals surface area contributed by atoms with Gasteiger partial charge in [-0.25, -0.2) is 0 Å². The maximum Gasteiger partial charge on any atom is 0.104 e. The van der Waals surface area contributed by atoms with Crippen molar-refractivity contribution in [2.75, 3.05) is 33.2 Å². The van der Waals surface area contributed by atoms with E-state index in [-0.39, 0.29) is 5.54 Å². The molecule has 1 aliphatic heterocycles. The molecule has 1 rings (SSSR count). The second kappa shape index (κ2) is 7.23. The molecule has 2 atom stereocenters. The standard InChI is InChI=1S/C15H30N4/c1-13(2)17-15(4,12-16)7-6-8-19-10-9-18(5)14(3)11-19/h13-14,17H,6-11H2,1-5H3. The van der Waals surface area contributed by atoms with E-state index in [2.05, 4.69) is 49.0 Å². The van der Waals surface area contributed by atoms with Gasteiger partial charge in [-0.05, 0) is 54.1 Å². The second-order valence-electron chi connectivity index (χ2n) is 6.48. The van der Waals surface area contributed by atoms with E-state index in [1.807, 2.05) is 6.92 Å². The number of nitriles is 1. The van der Waals surface area contributed by atoms with E-state index in [0.29, 0.717) is 12.1 Å². The molecule has 0 aromatic carbocycles. The molecule has 0 aliphatic carbocycles. The number of nitrogens with one attached hydrogen (secondary N) is 1. The van der Waals surface area contributed by atoms with E-state index >= 15 is 0 Å². The molecule has 2 unspecified atom stereocenters. The van der Waals surface area contributed by atoms with Gasteiger partial charge >= 0.3 is 0 Å². The van der Waals surface area contributed by atoms with E-state index in [9.17, 15) is 5.26 Å². The highest BCUT2D eigenvalue weighted by Gasteiger charge is 2.25. The lowest BCUT2D eigenvalue weighted by atomic mass is 9.96. The molecule has 0 bridgehead atoms. The highest BCUT2D eigenvalue weighted by molar-refractivity contribution is 5.04. The third kappa shape index (κ3) is 5.48. The highest BCUT2D eigenvalue weighted by atomic mass is 15.3. The summed E-state index contributed by atoms with van der Waals surface area (Å²) in [5, 5.41) is 12.7. The third-order valence-electron chi connectivity index (χ3n) is 4.05. The minimum atomic E-state index is -0.383. The van der Waals surface area contributed by atoms with Crippen LogP contribution < -0.4 is 5.32 Å². The molecule has 0 saturated carbocycles. The summed E-state index contributed by atoms with van der Waals surface area (Å²) in [7, 11) is 2.20. The zero-order valence-electron chi connectivity index (χ0n) is 13.2. The molecule has 0 amide bonds. The molecule has 0 aromatic rings. The Morgan fingerprint density at radius 2 is 2.11 bits per heavy atom. The first-order chi connectivity index (χ1) is 8.86. The molecule has 1 fully saturated rings. The SMILES string of the molecule is CC(C)NC(C)(C#N)CCCN1CCN(C)C(C)C1. The van der Waals surface area contributed by atoms with Crippen LogP contribution in [0.4, 0.5) is 0 Å². The minimum absolute atomic E-state index is 0.355. The van der Waals surface area contributed by atoms with Gasteiger partial charge in [-0.2, -0.15) is 5.26 Å². The fraction of sp³-hybridized carbons (Fsp3) is 0.933. The van der Waals surface area contributed by atoms with Gasteiger partial charge in [-0.1, -0.05) is 0 Å². The van der Waals surface area contributed by atoms with Crippen LogP contribution in [0.5, 0.6) is 0 Å². The van der Waals surface area contributed by atoms with Gasteiger partial charge in [0.15, 0.2) is 0 Å². The van der Waals surface area contributed by atoms with E-state index in [4.69, 9.17) is 0 Å². The number of piperazine rings is 1. The average molecular weight is 266 g/mol. The average Bonchev–Trinajstić information content (AvgIpc) is 2.33. The smallest absolute Gasteiger partial charge is 0.104 e. The predicted molar refractivity (Wildman–Crippen MR) is 80.1 cm³/mol. The van der Waals surface area contributed by atoms with E-state index in [1.165, 1.54) is 0 Å². The number of rotatable bonds is 6. The van der Waals surface area contributed by atoms with Gasteiger partial charge in [0.25, 0.3) is 0 Å². The molecule has 110 valence electrons. The quantitative estimate of drug-likeness (QED) is 0.794. The fourth-order valence-electron chi connectivity index (χ4n) is 2.78. The van der Waals surface area contributed by atoms with Crippen LogP contribution in [0.2, 0.25) is 0 Å². The normalized spacial score (nSPS) is 25.2. The molecule has 1 heterocycles. The summed E-state index contributed by atoms with van der Waals surface area (Å²) in [6.45, 7) is 13.1. The van der Waals surface area contributed by atoms with Gasteiger partial charge in [0.2, 0.25) is 0 Å². The summed E-state index contributed by atoms with van der Waals surface area (Å²) in [6, 6.07) is 3.42. The number of hydrogen-bond acceptors (Lipinski definition) is 4. The summed E-state index contributed by atoms with van der Waals surface area (Å²) in [6.07, 6.45) is 2.00. The van der Waals surface area contributed by atoms with E-state index in [1.54, 1.807) is 0 Å². The maximum atomic E-state index is 9.32. The summed E-state index contributed by atoms with van der Waals surface area (Å²) in [4.78, 5) is 4.94. The third-order valence-corrected chi connectivity index (χ3v) is 4.05. The maximum absolute atomic E-state index is 9.32. The summed E-state index contributed by atoms with van der Waals surface area (Å²) in [5.41, 5.74) is -0.383. The number of likely N-dealkylation sites (N-methyl/N-ethyl adjacent to an activating group) is 1. The van der Waals surface area contributed by atoms with Crippen LogP contribution in [0, 0.1) is 11.3 Å². The first-order valence-corrected chi connectivity index (χ1v) is 7.48. The molecular formula is C15H30N4. The predicted octanol–water partition coefficient (Wildman–Crippen LogP) is 1.68. The summed E-state index contributed by atoms with van der Waals surface area (Å²) < 4.78 is 0. The van der Waals surface area contributed by atoms with E-state index in [0.717, 1.165) is 39.0 Å². The van der Waals surface area contributed by atoms with Crippen LogP contribution in [0.1, 0.15) is 40.5 Å². The highest BCUT2D eigenvalue weighted by Crippen LogP contribution is 2.14. The second-order valence-corrected chi connectivity index (χ2v) is 6.48. The minimum Gasteiger partial charge on any atom is -0.301 e. The molecule has 1 N–H and O–H groups in total. The van der Waals surface area contributed by atoms with Crippen molar-refractivity contribution in [2.45, 2.75) is 58.2 Å². The van der Waals surface area contributed by atoms with Gasteiger partial charge in [0, 0.05) is 31.7 Å². The lowest BCUT2D eigenvalue weighted by Crippen LogP contribution is -2.50. The topological polar surface area (TPSA) is 42.3 Å². The van der Waals surface area contributed by atoms with Gasteiger partial charge < -0.3 is 9.80 Å². The Labute approximate surface area is 118 Å². The van der Waals surface area contributed by atoms with Crippen molar-refractivity contribution >= 4 is 0 Å². The fourth-order valence-corrected chi connectivity index (χ4v) is 2.78. The van der Waals surface area contributed by atoms with Crippen LogP contribution in [0.25, 0.3) is 0 Å². The van der Waals surface area contributed by atoms with Crippen molar-refractivity contribution in [1.29, 1.82) is 5.26 Å². The summed E-state index contributed by atoms with van der Waals surface area (Å²) in [5.74, 6) is 0. The van der Waals surface area contributed by atoms with Crippen LogP contribution in [-0.4, -0.2) is 60.6 Å². The molecule has 0 spiro atoms. The number of nitrogens with zero attached hydrogens (tertiary/aromatic N) is 3. The zero-order valence-corrected chi connectivity index (χ0v) is 13.2. The monoisotopic (exact) mass is 266 g/mol. The first kappa shape index (κ1) is 16.4. The Balaban J connectivity index is 2.31. The van der Waals surface area contributed by atoms with Crippen LogP contribution in [-0.2, 0) is 0 Å². The Kier molecular flexibility index (Phi) is 6.25. The van der Waals surface area contributed by atoms with Crippen molar-refractivity contribution in [2.24, 2.45) is 0 Å². The molecule has 4 heteroatoms. The van der Waals surface area contributed by atoms with Gasteiger partial charge in [0.1, 0.15) is 5.54 Å². The van der Waals surface area contributed by atoms with Crippen molar-refractivity contribution in [1.82, 2.24) is 15.1 Å². The lowest BCUT2D eigenvalue weighted by molar-refractivity contribution is 0.102. The summed E-state index contributed by atoms with van der Waals surface area (Å²) >= 11 is 0. The lowest BCUT2D eigenvalue weighted by Gasteiger charge is -2.38. The molecular weight excluding hydrogens is 236 g/mol. The van der Waals surface area contributed by atoms with Gasteiger partial charge in [-0.3, -0.25) is 5.32 Å². The molecule has 0 aromatic heterocycles. The Morgan fingerprint density at radius 3 is 2.63 bits per heavy atom. The molecule has 1 aliphatic rings. The van der Waals surface area contributed by atoms with Crippen molar-refractivity contribution in [3.8, 4) is 6.07 Å². The number of hydrogen-bond donors (Lipinski definition) is 1. The molecule has 0 radical (unpaired) electrons. The molecule has 1 saturated heterocycles. The van der Waals surface area contributed by atoms with Crippen LogP contribution in [0.15, 0.2) is 0 Å². The van der Waals surface area contributed by atoms with Gasteiger partial charge in [-0.15, -0.1) is 0 Å².